The summed E-state index contributed by atoms with van der Waals surface area (Å²) in [4.78, 5) is 19.5. The summed E-state index contributed by atoms with van der Waals surface area (Å²) in [7, 11) is 0. The minimum absolute atomic E-state index is 0.0476. The number of aromatic hydroxyl groups is 1. The number of piperazine rings is 1. The monoisotopic (exact) mass is 624 g/mol. The van der Waals surface area contributed by atoms with E-state index in [0.717, 1.165) is 68.7 Å². The Morgan fingerprint density at radius 2 is 1.96 bits per heavy atom. The predicted molar refractivity (Wildman–Crippen MR) is 175 cm³/mol. The van der Waals surface area contributed by atoms with Gasteiger partial charge in [-0.15, -0.1) is 6.42 Å². The van der Waals surface area contributed by atoms with Crippen LogP contribution in [-0.4, -0.2) is 81.5 Å². The number of anilines is 1. The van der Waals surface area contributed by atoms with Crippen molar-refractivity contribution in [1.82, 2.24) is 25.2 Å². The highest BCUT2D eigenvalue weighted by Crippen LogP contribution is 2.42. The van der Waals surface area contributed by atoms with E-state index >= 15 is 4.39 Å². The molecular weight excluding hydrogens is 586 g/mol. The highest BCUT2D eigenvalue weighted by molar-refractivity contribution is 6.04. The molecule has 4 aromatic rings. The van der Waals surface area contributed by atoms with Crippen molar-refractivity contribution >= 4 is 27.6 Å². The first-order valence-electron chi connectivity index (χ1n) is 16.5. The van der Waals surface area contributed by atoms with Gasteiger partial charge in [-0.05, 0) is 73.4 Å². The number of aromatic nitrogens is 3. The van der Waals surface area contributed by atoms with Crippen LogP contribution in [0.25, 0.3) is 32.9 Å². The lowest BCUT2D eigenvalue weighted by Gasteiger charge is -2.34. The largest absolute Gasteiger partial charge is 0.508 e. The van der Waals surface area contributed by atoms with Crippen LogP contribution in [0.2, 0.25) is 0 Å². The van der Waals surface area contributed by atoms with E-state index in [1.165, 1.54) is 6.07 Å². The van der Waals surface area contributed by atoms with Crippen LogP contribution in [0.15, 0.2) is 30.5 Å². The molecule has 238 valence electrons. The molecule has 0 amide bonds. The molecule has 0 spiro atoms. The first kappa shape index (κ1) is 29.3. The SMILES string of the molecule is C#Cc1c(F)ccc2cc(O)cc(-c3cnc4c(N5CC6CCC(C5)N6)nc(OCC56CCCN5C[C@H](F)C6)nc4c3CCC)c12. The van der Waals surface area contributed by atoms with Gasteiger partial charge in [-0.2, -0.15) is 9.97 Å². The Morgan fingerprint density at radius 3 is 2.74 bits per heavy atom. The highest BCUT2D eigenvalue weighted by Gasteiger charge is 2.49. The van der Waals surface area contributed by atoms with Crippen LogP contribution in [0, 0.1) is 18.2 Å². The number of alkyl halides is 1. The van der Waals surface area contributed by atoms with E-state index in [2.05, 4.69) is 28.0 Å². The second kappa shape index (κ2) is 11.3. The lowest BCUT2D eigenvalue weighted by atomic mass is 9.90. The van der Waals surface area contributed by atoms with E-state index in [1.807, 2.05) is 0 Å². The molecule has 0 saturated carbocycles. The summed E-state index contributed by atoms with van der Waals surface area (Å²) < 4.78 is 36.1. The van der Waals surface area contributed by atoms with Gasteiger partial charge < -0.3 is 20.1 Å². The summed E-state index contributed by atoms with van der Waals surface area (Å²) >= 11 is 0. The molecule has 46 heavy (non-hydrogen) atoms. The second-order valence-corrected chi connectivity index (χ2v) is 13.5. The Balaban J connectivity index is 1.31. The maximum Gasteiger partial charge on any atom is 0.319 e. The summed E-state index contributed by atoms with van der Waals surface area (Å²) in [5.74, 6) is 2.81. The van der Waals surface area contributed by atoms with E-state index < -0.39 is 12.0 Å². The topological polar surface area (TPSA) is 86.6 Å². The number of nitrogens with one attached hydrogen (secondary N) is 1. The van der Waals surface area contributed by atoms with Gasteiger partial charge in [-0.25, -0.2) is 8.78 Å². The van der Waals surface area contributed by atoms with Crippen LogP contribution < -0.4 is 15.0 Å². The lowest BCUT2D eigenvalue weighted by Crippen LogP contribution is -2.51. The summed E-state index contributed by atoms with van der Waals surface area (Å²) in [6.45, 7) is 5.35. The molecule has 4 aliphatic heterocycles. The molecule has 0 aliphatic carbocycles. The first-order valence-corrected chi connectivity index (χ1v) is 16.5. The van der Waals surface area contributed by atoms with Gasteiger partial charge in [0.15, 0.2) is 5.82 Å². The van der Waals surface area contributed by atoms with Crippen molar-refractivity contribution in [3.05, 3.63) is 47.4 Å². The molecule has 6 heterocycles. The number of ether oxygens (including phenoxy) is 1. The highest BCUT2D eigenvalue weighted by atomic mass is 19.1. The fraction of sp³-hybridized carbons (Fsp3) is 0.472. The third kappa shape index (κ3) is 4.83. The van der Waals surface area contributed by atoms with Crippen molar-refractivity contribution in [2.45, 2.75) is 75.7 Å². The van der Waals surface area contributed by atoms with Gasteiger partial charge in [-0.3, -0.25) is 9.88 Å². The van der Waals surface area contributed by atoms with Crippen molar-refractivity contribution < 1.29 is 18.6 Å². The fourth-order valence-corrected chi connectivity index (χ4v) is 8.50. The van der Waals surface area contributed by atoms with Crippen LogP contribution in [-0.2, 0) is 6.42 Å². The molecule has 2 N–H and O–H groups in total. The van der Waals surface area contributed by atoms with E-state index in [4.69, 9.17) is 26.1 Å². The normalized spacial score (nSPS) is 25.8. The second-order valence-electron chi connectivity index (χ2n) is 13.5. The lowest BCUT2D eigenvalue weighted by molar-refractivity contribution is 0.107. The van der Waals surface area contributed by atoms with Gasteiger partial charge in [0.05, 0.1) is 11.1 Å². The molecule has 4 atom stereocenters. The standard InChI is InChI=1S/C36H38F2N6O2/c1-3-6-27-29(28-14-25(45)13-21-7-10-30(38)26(4-2)31(21)28)16-39-33-32(27)41-35(42-34(33)43-18-23-8-9-24(19-43)40-23)46-20-36-11-5-12-44(36)17-22(37)15-36/h2,7,10,13-14,16,22-24,40,45H,3,5-6,8-9,11-12,15,17-20H2,1H3/t22-,23?,24?,36?/m1/s1. The molecule has 8 nitrogen and oxygen atoms in total. The van der Waals surface area contributed by atoms with Crippen LogP contribution in [0.3, 0.4) is 0 Å². The molecule has 2 aromatic carbocycles. The van der Waals surface area contributed by atoms with E-state index in [-0.39, 0.29) is 22.9 Å². The zero-order valence-corrected chi connectivity index (χ0v) is 26.0. The van der Waals surface area contributed by atoms with Crippen molar-refractivity contribution in [1.29, 1.82) is 0 Å². The Kier molecular flexibility index (Phi) is 7.22. The number of phenols is 1. The molecule has 10 heteroatoms. The molecule has 4 fully saturated rings. The molecular formula is C36H38F2N6O2. The molecule has 8 rings (SSSR count). The molecule has 3 unspecified atom stereocenters. The third-order valence-corrected chi connectivity index (χ3v) is 10.5. The van der Waals surface area contributed by atoms with Crippen LogP contribution >= 0.6 is 0 Å². The number of nitrogens with zero attached hydrogens (tertiary/aromatic N) is 5. The number of benzene rings is 2. The Bertz CT molecular complexity index is 1880. The summed E-state index contributed by atoms with van der Waals surface area (Å²) in [6.07, 6.45) is 12.8. The van der Waals surface area contributed by atoms with Gasteiger partial charge in [0.1, 0.15) is 35.4 Å². The molecule has 0 radical (unpaired) electrons. The average molecular weight is 625 g/mol. The number of phenolic OH excluding ortho intramolecular Hbond substituents is 1. The maximum atomic E-state index is 15.0. The number of aryl methyl sites for hydroxylation is 1. The van der Waals surface area contributed by atoms with Crippen LogP contribution in [0.4, 0.5) is 14.6 Å². The molecule has 2 bridgehead atoms. The molecule has 4 saturated heterocycles. The molecule has 2 aromatic heterocycles. The Hall–Kier alpha value is -4.07. The fourth-order valence-electron chi connectivity index (χ4n) is 8.50. The smallest absolute Gasteiger partial charge is 0.319 e. The molecule has 4 aliphatic rings. The first-order chi connectivity index (χ1) is 22.4. The number of terminal acetylenes is 1. The zero-order valence-electron chi connectivity index (χ0n) is 26.0. The minimum Gasteiger partial charge on any atom is -0.508 e. The minimum atomic E-state index is -0.855. The van der Waals surface area contributed by atoms with E-state index in [9.17, 15) is 9.50 Å². The average Bonchev–Trinajstić information content (AvgIpc) is 3.69. The van der Waals surface area contributed by atoms with Gasteiger partial charge >= 0.3 is 6.01 Å². The Morgan fingerprint density at radius 1 is 1.13 bits per heavy atom. The number of rotatable bonds is 7. The van der Waals surface area contributed by atoms with Crippen molar-refractivity contribution in [3.63, 3.8) is 0 Å². The number of fused-ring (bicyclic) bond motifs is 5. The van der Waals surface area contributed by atoms with Crippen molar-refractivity contribution in [2.24, 2.45) is 0 Å². The van der Waals surface area contributed by atoms with Gasteiger partial charge in [0.2, 0.25) is 0 Å². The van der Waals surface area contributed by atoms with Crippen LogP contribution in [0.1, 0.15) is 56.6 Å². The van der Waals surface area contributed by atoms with E-state index in [1.54, 1.807) is 24.4 Å². The van der Waals surface area contributed by atoms with Crippen LogP contribution in [0.5, 0.6) is 11.8 Å². The number of hydrogen-bond donors (Lipinski definition) is 2. The quantitative estimate of drug-likeness (QED) is 0.260. The zero-order chi connectivity index (χ0) is 31.6. The number of halogens is 2. The third-order valence-electron chi connectivity index (χ3n) is 10.5. The summed E-state index contributed by atoms with van der Waals surface area (Å²) in [5, 5.41) is 15.6. The van der Waals surface area contributed by atoms with Crippen molar-refractivity contribution in [3.8, 4) is 35.2 Å². The van der Waals surface area contributed by atoms with Gasteiger partial charge in [0, 0.05) is 55.3 Å². The number of hydrogen-bond acceptors (Lipinski definition) is 8. The maximum absolute atomic E-state index is 15.0. The van der Waals surface area contributed by atoms with Gasteiger partial charge in [0.25, 0.3) is 0 Å². The van der Waals surface area contributed by atoms with Gasteiger partial charge in [-0.1, -0.05) is 25.3 Å². The van der Waals surface area contributed by atoms with Crippen molar-refractivity contribution in [2.75, 3.05) is 37.7 Å². The number of pyridine rings is 1. The summed E-state index contributed by atoms with van der Waals surface area (Å²) in [5.41, 5.74) is 3.38. The summed E-state index contributed by atoms with van der Waals surface area (Å²) in [6, 6.07) is 7.19. The predicted octanol–water partition coefficient (Wildman–Crippen LogP) is 5.52. The van der Waals surface area contributed by atoms with E-state index in [0.29, 0.717) is 65.4 Å². The Labute approximate surface area is 267 Å².